The Balaban J connectivity index is 2.12. The van der Waals surface area contributed by atoms with E-state index in [1.54, 1.807) is 6.08 Å². The molecule has 1 heterocycles. The fraction of sp³-hybridized carbons (Fsp3) is 0.714. The van der Waals surface area contributed by atoms with Crippen molar-refractivity contribution in [2.45, 2.75) is 31.5 Å². The Morgan fingerprint density at radius 3 is 2.95 bits per heavy atom. The van der Waals surface area contributed by atoms with Gasteiger partial charge in [0.05, 0.1) is 6.61 Å². The van der Waals surface area contributed by atoms with Crippen LogP contribution in [0.25, 0.3) is 0 Å². The van der Waals surface area contributed by atoms with Crippen LogP contribution < -0.4 is 11.1 Å². The number of aliphatic hydroxyl groups excluding tert-OH is 1. The molecular formula is C14H25N3O2. The molecular weight excluding hydrogens is 242 g/mol. The molecule has 2 aliphatic rings. The van der Waals surface area contributed by atoms with Crippen LogP contribution in [0.1, 0.15) is 19.8 Å². The molecule has 1 fully saturated rings. The maximum absolute atomic E-state index is 10.3. The maximum Gasteiger partial charge on any atom is 0.158 e. The molecule has 0 aromatic carbocycles. The Bertz CT molecular complexity index is 351. The van der Waals surface area contributed by atoms with E-state index in [1.807, 2.05) is 12.2 Å². The van der Waals surface area contributed by atoms with Gasteiger partial charge in [0, 0.05) is 26.2 Å². The molecule has 1 aliphatic heterocycles. The third-order valence-electron chi connectivity index (χ3n) is 3.78. The highest BCUT2D eigenvalue weighted by molar-refractivity contribution is 5.29. The highest BCUT2D eigenvalue weighted by Gasteiger charge is 2.45. The summed E-state index contributed by atoms with van der Waals surface area (Å²) >= 11 is 0. The summed E-state index contributed by atoms with van der Waals surface area (Å²) in [6.07, 6.45) is 6.77. The summed E-state index contributed by atoms with van der Waals surface area (Å²) in [6, 6.07) is 0. The van der Waals surface area contributed by atoms with Gasteiger partial charge in [-0.25, -0.2) is 0 Å². The van der Waals surface area contributed by atoms with Gasteiger partial charge in [0.1, 0.15) is 11.9 Å². The van der Waals surface area contributed by atoms with E-state index in [2.05, 4.69) is 17.1 Å². The van der Waals surface area contributed by atoms with E-state index < -0.39 is 11.8 Å². The minimum Gasteiger partial charge on any atom is -0.494 e. The number of ether oxygens (including phenoxy) is 1. The summed E-state index contributed by atoms with van der Waals surface area (Å²) in [5.41, 5.74) is 5.58. The number of hydrogen-bond acceptors (Lipinski definition) is 5. The first-order valence-corrected chi connectivity index (χ1v) is 7.14. The first kappa shape index (κ1) is 14.5. The topological polar surface area (TPSA) is 70.8 Å². The average Bonchev–Trinajstić information content (AvgIpc) is 2.45. The Morgan fingerprint density at radius 1 is 1.53 bits per heavy atom. The lowest BCUT2D eigenvalue weighted by Crippen LogP contribution is -2.68. The minimum atomic E-state index is -0.926. The molecule has 108 valence electrons. The smallest absolute Gasteiger partial charge is 0.158 e. The summed E-state index contributed by atoms with van der Waals surface area (Å²) in [5, 5.41) is 13.6. The first-order valence-electron chi connectivity index (χ1n) is 7.14. The van der Waals surface area contributed by atoms with Crippen LogP contribution in [-0.4, -0.2) is 54.6 Å². The van der Waals surface area contributed by atoms with Crippen LogP contribution in [0.5, 0.6) is 0 Å². The summed E-state index contributed by atoms with van der Waals surface area (Å²) in [5.74, 6) is 0.679. The van der Waals surface area contributed by atoms with E-state index in [1.165, 1.54) is 0 Å². The van der Waals surface area contributed by atoms with Crippen molar-refractivity contribution in [2.75, 3.05) is 32.8 Å². The molecule has 2 unspecified atom stereocenters. The van der Waals surface area contributed by atoms with Crippen molar-refractivity contribution >= 4 is 0 Å². The number of aliphatic hydroxyl groups is 1. The third kappa shape index (κ3) is 3.00. The molecule has 0 aromatic heterocycles. The largest absolute Gasteiger partial charge is 0.494 e. The van der Waals surface area contributed by atoms with Crippen molar-refractivity contribution in [3.05, 3.63) is 24.0 Å². The van der Waals surface area contributed by atoms with Crippen LogP contribution in [0.4, 0.5) is 0 Å². The molecule has 5 heteroatoms. The number of nitrogens with zero attached hydrogens (tertiary/aromatic N) is 1. The molecule has 0 saturated carbocycles. The van der Waals surface area contributed by atoms with Gasteiger partial charge in [0.2, 0.25) is 0 Å². The van der Waals surface area contributed by atoms with Gasteiger partial charge >= 0.3 is 0 Å². The molecule has 5 nitrogen and oxygen atoms in total. The normalized spacial score (nSPS) is 32.2. The fourth-order valence-electron chi connectivity index (χ4n) is 2.54. The van der Waals surface area contributed by atoms with Crippen molar-refractivity contribution in [1.29, 1.82) is 0 Å². The van der Waals surface area contributed by atoms with Gasteiger partial charge in [-0.1, -0.05) is 25.5 Å². The predicted molar refractivity (Wildman–Crippen MR) is 75.5 cm³/mol. The second-order valence-corrected chi connectivity index (χ2v) is 5.13. The highest BCUT2D eigenvalue weighted by atomic mass is 16.5. The van der Waals surface area contributed by atoms with Gasteiger partial charge in [-0.15, -0.1) is 0 Å². The van der Waals surface area contributed by atoms with Crippen molar-refractivity contribution < 1.29 is 9.84 Å². The molecule has 19 heavy (non-hydrogen) atoms. The van der Waals surface area contributed by atoms with Crippen LogP contribution in [-0.2, 0) is 4.74 Å². The number of allylic oxidation sites excluding steroid dienone is 2. The van der Waals surface area contributed by atoms with Gasteiger partial charge in [0.15, 0.2) is 5.66 Å². The van der Waals surface area contributed by atoms with E-state index in [0.717, 1.165) is 39.0 Å². The van der Waals surface area contributed by atoms with Gasteiger partial charge in [-0.2, -0.15) is 0 Å². The fourth-order valence-corrected chi connectivity index (χ4v) is 2.54. The Labute approximate surface area is 115 Å². The number of unbranched alkanes of at least 4 members (excludes halogenated alkanes) is 1. The molecule has 1 saturated heterocycles. The quantitative estimate of drug-likeness (QED) is 0.620. The standard InChI is InChI=1S/C14H25N3O2/c1-2-3-11-19-13-6-4-5-12(18)14(13,15)17-9-7-16-8-10-17/h4-6,12,16,18H,2-3,7-11,15H2,1H3. The first-order chi connectivity index (χ1) is 9.19. The lowest BCUT2D eigenvalue weighted by Gasteiger charge is -2.46. The van der Waals surface area contributed by atoms with Crippen LogP contribution in [0.2, 0.25) is 0 Å². The lowest BCUT2D eigenvalue weighted by molar-refractivity contribution is -0.0287. The molecule has 0 spiro atoms. The van der Waals surface area contributed by atoms with E-state index in [-0.39, 0.29) is 0 Å². The molecule has 2 atom stereocenters. The van der Waals surface area contributed by atoms with Crippen LogP contribution in [0, 0.1) is 0 Å². The second-order valence-electron chi connectivity index (χ2n) is 5.13. The van der Waals surface area contributed by atoms with Gasteiger partial charge < -0.3 is 20.9 Å². The van der Waals surface area contributed by atoms with Crippen LogP contribution in [0.3, 0.4) is 0 Å². The van der Waals surface area contributed by atoms with Gasteiger partial charge in [-0.05, 0) is 12.5 Å². The number of hydrogen-bond donors (Lipinski definition) is 3. The van der Waals surface area contributed by atoms with Gasteiger partial charge in [-0.3, -0.25) is 4.90 Å². The summed E-state index contributed by atoms with van der Waals surface area (Å²) in [4.78, 5) is 2.11. The SMILES string of the molecule is CCCCOC1=CC=CC(O)C1(N)N1CCNCC1. The van der Waals surface area contributed by atoms with E-state index in [4.69, 9.17) is 10.5 Å². The van der Waals surface area contributed by atoms with Crippen molar-refractivity contribution in [2.24, 2.45) is 5.73 Å². The predicted octanol–water partition coefficient (Wildman–Crippen LogP) is 0.178. The molecule has 0 amide bonds. The van der Waals surface area contributed by atoms with Gasteiger partial charge in [0.25, 0.3) is 0 Å². The molecule has 2 rings (SSSR count). The number of piperazine rings is 1. The molecule has 1 aliphatic carbocycles. The molecule has 0 bridgehead atoms. The number of rotatable bonds is 5. The number of nitrogens with one attached hydrogen (secondary N) is 1. The highest BCUT2D eigenvalue weighted by Crippen LogP contribution is 2.29. The average molecular weight is 267 g/mol. The molecule has 4 N–H and O–H groups in total. The van der Waals surface area contributed by atoms with Crippen molar-refractivity contribution in [1.82, 2.24) is 10.2 Å². The summed E-state index contributed by atoms with van der Waals surface area (Å²) < 4.78 is 5.83. The van der Waals surface area contributed by atoms with E-state index in [9.17, 15) is 5.11 Å². The Hall–Kier alpha value is -0.880. The molecule has 0 aromatic rings. The van der Waals surface area contributed by atoms with Crippen molar-refractivity contribution in [3.63, 3.8) is 0 Å². The Morgan fingerprint density at radius 2 is 2.26 bits per heavy atom. The van der Waals surface area contributed by atoms with Crippen LogP contribution in [0.15, 0.2) is 24.0 Å². The zero-order chi connectivity index (χ0) is 13.7. The maximum atomic E-state index is 10.3. The van der Waals surface area contributed by atoms with Crippen LogP contribution >= 0.6 is 0 Å². The number of nitrogens with two attached hydrogens (primary N) is 1. The lowest BCUT2D eigenvalue weighted by atomic mass is 9.93. The van der Waals surface area contributed by atoms with E-state index >= 15 is 0 Å². The zero-order valence-corrected chi connectivity index (χ0v) is 11.6. The molecule has 0 radical (unpaired) electrons. The zero-order valence-electron chi connectivity index (χ0n) is 11.6. The second kappa shape index (κ2) is 6.52. The Kier molecular flexibility index (Phi) is 4.99. The summed E-state index contributed by atoms with van der Waals surface area (Å²) in [7, 11) is 0. The summed E-state index contributed by atoms with van der Waals surface area (Å²) in [6.45, 7) is 6.17. The minimum absolute atomic E-state index is 0.647. The monoisotopic (exact) mass is 267 g/mol. The van der Waals surface area contributed by atoms with Crippen molar-refractivity contribution in [3.8, 4) is 0 Å². The third-order valence-corrected chi connectivity index (χ3v) is 3.78. The van der Waals surface area contributed by atoms with E-state index in [0.29, 0.717) is 12.4 Å².